The monoisotopic (exact) mass is 420 g/mol. The SMILES string of the molecule is COc1nnc(-c2ccccc2O)cc1-c1ccc(N2CCN(CC(=O)O)CC2)cc1. The summed E-state index contributed by atoms with van der Waals surface area (Å²) in [5, 5.41) is 27.5. The van der Waals surface area contributed by atoms with Gasteiger partial charge in [-0.25, -0.2) is 0 Å². The quantitative estimate of drug-likeness (QED) is 0.628. The van der Waals surface area contributed by atoms with Gasteiger partial charge < -0.3 is 19.8 Å². The summed E-state index contributed by atoms with van der Waals surface area (Å²) >= 11 is 0. The lowest BCUT2D eigenvalue weighted by atomic mass is 10.0. The average Bonchev–Trinajstić information content (AvgIpc) is 2.79. The summed E-state index contributed by atoms with van der Waals surface area (Å²) in [4.78, 5) is 15.1. The highest BCUT2D eigenvalue weighted by Crippen LogP contribution is 2.34. The van der Waals surface area contributed by atoms with E-state index in [0.717, 1.165) is 43.0 Å². The van der Waals surface area contributed by atoms with Crippen molar-refractivity contribution in [1.82, 2.24) is 15.1 Å². The number of hydrogen-bond acceptors (Lipinski definition) is 7. The van der Waals surface area contributed by atoms with E-state index in [1.165, 1.54) is 0 Å². The summed E-state index contributed by atoms with van der Waals surface area (Å²) < 4.78 is 5.41. The molecule has 0 amide bonds. The fourth-order valence-electron chi connectivity index (χ4n) is 3.77. The van der Waals surface area contributed by atoms with Crippen molar-refractivity contribution in [2.45, 2.75) is 0 Å². The van der Waals surface area contributed by atoms with Crippen molar-refractivity contribution >= 4 is 11.7 Å². The zero-order chi connectivity index (χ0) is 21.8. The Morgan fingerprint density at radius 1 is 1.00 bits per heavy atom. The number of anilines is 1. The van der Waals surface area contributed by atoms with E-state index in [4.69, 9.17) is 9.84 Å². The smallest absolute Gasteiger partial charge is 0.317 e. The Labute approximate surface area is 180 Å². The van der Waals surface area contributed by atoms with Gasteiger partial charge >= 0.3 is 5.97 Å². The molecule has 0 saturated carbocycles. The lowest BCUT2D eigenvalue weighted by Crippen LogP contribution is -2.47. The van der Waals surface area contributed by atoms with E-state index in [1.807, 2.05) is 41.3 Å². The van der Waals surface area contributed by atoms with Crippen LogP contribution in [0.2, 0.25) is 0 Å². The van der Waals surface area contributed by atoms with Gasteiger partial charge in [0.2, 0.25) is 5.88 Å². The third-order valence-electron chi connectivity index (χ3n) is 5.41. The number of ether oxygens (including phenoxy) is 1. The molecule has 2 N–H and O–H groups in total. The van der Waals surface area contributed by atoms with Crippen LogP contribution >= 0.6 is 0 Å². The molecule has 2 aromatic carbocycles. The van der Waals surface area contributed by atoms with E-state index < -0.39 is 5.97 Å². The van der Waals surface area contributed by atoms with Crippen molar-refractivity contribution in [3.05, 3.63) is 54.6 Å². The molecule has 0 bridgehead atoms. The molecule has 8 nitrogen and oxygen atoms in total. The van der Waals surface area contributed by atoms with Gasteiger partial charge in [0.25, 0.3) is 0 Å². The maximum absolute atomic E-state index is 10.9. The van der Waals surface area contributed by atoms with Crippen LogP contribution in [0.4, 0.5) is 5.69 Å². The number of phenolic OH excluding ortho intramolecular Hbond substituents is 1. The normalized spacial score (nSPS) is 14.4. The number of piperazine rings is 1. The van der Waals surface area contributed by atoms with Crippen molar-refractivity contribution in [3.8, 4) is 34.0 Å². The van der Waals surface area contributed by atoms with E-state index in [2.05, 4.69) is 15.1 Å². The van der Waals surface area contributed by atoms with Crippen LogP contribution in [0.1, 0.15) is 0 Å². The van der Waals surface area contributed by atoms with Gasteiger partial charge in [0.15, 0.2) is 0 Å². The predicted octanol–water partition coefficient (Wildman–Crippen LogP) is 2.73. The number of rotatable bonds is 6. The Bertz CT molecular complexity index is 1060. The number of carboxylic acids is 1. The molecule has 4 rings (SSSR count). The predicted molar refractivity (Wildman–Crippen MR) is 117 cm³/mol. The van der Waals surface area contributed by atoms with E-state index in [9.17, 15) is 9.90 Å². The molecule has 0 spiro atoms. The maximum Gasteiger partial charge on any atom is 0.317 e. The molecule has 1 fully saturated rings. The van der Waals surface area contributed by atoms with E-state index in [-0.39, 0.29) is 12.3 Å². The molecule has 1 aromatic heterocycles. The minimum Gasteiger partial charge on any atom is -0.507 e. The van der Waals surface area contributed by atoms with Gasteiger partial charge in [0.1, 0.15) is 5.75 Å². The molecule has 0 atom stereocenters. The molecule has 0 aliphatic carbocycles. The second kappa shape index (κ2) is 9.01. The van der Waals surface area contributed by atoms with Gasteiger partial charge in [-0.1, -0.05) is 24.3 Å². The Morgan fingerprint density at radius 2 is 1.71 bits per heavy atom. The maximum atomic E-state index is 10.9. The fraction of sp³-hybridized carbons (Fsp3) is 0.261. The number of aromatic nitrogens is 2. The second-order valence-corrected chi connectivity index (χ2v) is 7.37. The number of carbonyl (C=O) groups is 1. The van der Waals surface area contributed by atoms with Gasteiger partial charge in [0, 0.05) is 43.0 Å². The van der Waals surface area contributed by atoms with Crippen LogP contribution in [0.25, 0.3) is 22.4 Å². The minimum atomic E-state index is -0.791. The lowest BCUT2D eigenvalue weighted by Gasteiger charge is -2.35. The van der Waals surface area contributed by atoms with Crippen molar-refractivity contribution in [2.24, 2.45) is 0 Å². The molecular weight excluding hydrogens is 396 g/mol. The number of aliphatic carboxylic acids is 1. The van der Waals surface area contributed by atoms with Crippen molar-refractivity contribution in [1.29, 1.82) is 0 Å². The van der Waals surface area contributed by atoms with E-state index >= 15 is 0 Å². The number of nitrogens with zero attached hydrogens (tertiary/aromatic N) is 4. The molecular formula is C23H24N4O4. The summed E-state index contributed by atoms with van der Waals surface area (Å²) in [6, 6.07) is 17.0. The summed E-state index contributed by atoms with van der Waals surface area (Å²) in [5.74, 6) is -0.236. The summed E-state index contributed by atoms with van der Waals surface area (Å²) in [5.41, 5.74) is 3.97. The van der Waals surface area contributed by atoms with E-state index in [0.29, 0.717) is 17.1 Å². The fourth-order valence-corrected chi connectivity index (χ4v) is 3.77. The first-order valence-electron chi connectivity index (χ1n) is 10.0. The Hall–Kier alpha value is -3.65. The average molecular weight is 420 g/mol. The van der Waals surface area contributed by atoms with Crippen molar-refractivity contribution in [3.63, 3.8) is 0 Å². The lowest BCUT2D eigenvalue weighted by molar-refractivity contribution is -0.138. The molecule has 0 unspecified atom stereocenters. The van der Waals surface area contributed by atoms with Gasteiger partial charge in [0.05, 0.1) is 19.3 Å². The first-order valence-corrected chi connectivity index (χ1v) is 10.0. The number of phenols is 1. The number of para-hydroxylation sites is 1. The number of methoxy groups -OCH3 is 1. The zero-order valence-electron chi connectivity index (χ0n) is 17.2. The van der Waals surface area contributed by atoms with Crippen molar-refractivity contribution < 1.29 is 19.7 Å². The highest BCUT2D eigenvalue weighted by molar-refractivity contribution is 5.76. The molecule has 1 saturated heterocycles. The van der Waals surface area contributed by atoms with Gasteiger partial charge in [-0.2, -0.15) is 0 Å². The van der Waals surface area contributed by atoms with Crippen LogP contribution in [0.5, 0.6) is 11.6 Å². The standard InChI is InChI=1S/C23H24N4O4/c1-31-23-19(14-20(24-25-23)18-4-2-3-5-21(18)28)16-6-8-17(9-7-16)27-12-10-26(11-13-27)15-22(29)30/h2-9,14,28H,10-13,15H2,1H3,(H,29,30). The van der Waals surface area contributed by atoms with Crippen LogP contribution in [0.3, 0.4) is 0 Å². The Morgan fingerprint density at radius 3 is 2.35 bits per heavy atom. The first kappa shape index (κ1) is 20.6. The van der Waals surface area contributed by atoms with Crippen LogP contribution in [0.15, 0.2) is 54.6 Å². The number of carboxylic acid groups (broad SMARTS) is 1. The summed E-state index contributed by atoms with van der Waals surface area (Å²) in [6.07, 6.45) is 0. The van der Waals surface area contributed by atoms with Crippen LogP contribution < -0.4 is 9.64 Å². The largest absolute Gasteiger partial charge is 0.507 e. The third kappa shape index (κ3) is 4.59. The molecule has 2 heterocycles. The van der Waals surface area contributed by atoms with Gasteiger partial charge in [-0.05, 0) is 35.9 Å². The molecule has 1 aliphatic rings. The zero-order valence-corrected chi connectivity index (χ0v) is 17.2. The van der Waals surface area contributed by atoms with Crippen LogP contribution in [-0.2, 0) is 4.79 Å². The second-order valence-electron chi connectivity index (χ2n) is 7.37. The Kier molecular flexibility index (Phi) is 5.99. The molecule has 1 aliphatic heterocycles. The van der Waals surface area contributed by atoms with Gasteiger partial charge in [-0.15, -0.1) is 10.2 Å². The molecule has 160 valence electrons. The van der Waals surface area contributed by atoms with Crippen molar-refractivity contribution in [2.75, 3.05) is 44.7 Å². The number of benzene rings is 2. The van der Waals surface area contributed by atoms with Crippen LogP contribution in [0, 0.1) is 0 Å². The summed E-state index contributed by atoms with van der Waals surface area (Å²) in [6.45, 7) is 3.09. The molecule has 3 aromatic rings. The number of hydrogen-bond donors (Lipinski definition) is 2. The summed E-state index contributed by atoms with van der Waals surface area (Å²) in [7, 11) is 1.55. The van der Waals surface area contributed by atoms with E-state index in [1.54, 1.807) is 25.3 Å². The first-order chi connectivity index (χ1) is 15.0. The van der Waals surface area contributed by atoms with Gasteiger partial charge in [-0.3, -0.25) is 9.69 Å². The topological polar surface area (TPSA) is 99.0 Å². The molecule has 8 heteroatoms. The highest BCUT2D eigenvalue weighted by atomic mass is 16.5. The highest BCUT2D eigenvalue weighted by Gasteiger charge is 2.19. The molecule has 31 heavy (non-hydrogen) atoms. The molecule has 0 radical (unpaired) electrons. The third-order valence-corrected chi connectivity index (χ3v) is 5.41. The number of aromatic hydroxyl groups is 1. The minimum absolute atomic E-state index is 0.0842. The Balaban J connectivity index is 1.56. The van der Waals surface area contributed by atoms with Crippen LogP contribution in [-0.4, -0.2) is 71.1 Å².